The molecule has 0 aliphatic carbocycles. The van der Waals surface area contributed by atoms with Gasteiger partial charge in [-0.2, -0.15) is 4.98 Å². The summed E-state index contributed by atoms with van der Waals surface area (Å²) in [6, 6.07) is 3.78. The highest BCUT2D eigenvalue weighted by Crippen LogP contribution is 2.22. The van der Waals surface area contributed by atoms with Crippen molar-refractivity contribution in [2.24, 2.45) is 0 Å². The average molecular weight is 412 g/mol. The van der Waals surface area contributed by atoms with Crippen LogP contribution in [0.25, 0.3) is 0 Å². The maximum atomic E-state index is 12.2. The zero-order valence-electron chi connectivity index (χ0n) is 12.1. The Morgan fingerprint density at radius 1 is 1.12 bits per heavy atom. The first-order valence-corrected chi connectivity index (χ1v) is 10.3. The molecule has 0 radical (unpaired) electrons. The molecule has 0 amide bonds. The number of halogens is 2. The van der Waals surface area contributed by atoms with Gasteiger partial charge in [0.15, 0.2) is 14.9 Å². The van der Waals surface area contributed by atoms with Crippen LogP contribution in [0, 0.1) is 0 Å². The average Bonchev–Trinajstić information content (AvgIpc) is 2.44. The van der Waals surface area contributed by atoms with Gasteiger partial charge in [-0.15, -0.1) is 0 Å². The lowest BCUT2D eigenvalue weighted by atomic mass is 10.4. The summed E-state index contributed by atoms with van der Waals surface area (Å²) in [5.41, 5.74) is -0.140. The van der Waals surface area contributed by atoms with Gasteiger partial charge >= 0.3 is 0 Å². The van der Waals surface area contributed by atoms with Crippen LogP contribution in [0.2, 0.25) is 10.0 Å². The van der Waals surface area contributed by atoms with E-state index in [1.165, 1.54) is 18.2 Å². The smallest absolute Gasteiger partial charge is 0.241 e. The third-order valence-electron chi connectivity index (χ3n) is 2.76. The first-order valence-electron chi connectivity index (χ1n) is 6.20. The number of nitrogens with one attached hydrogen (secondary N) is 1. The largest absolute Gasteiger partial charge is 0.492 e. The van der Waals surface area contributed by atoms with Gasteiger partial charge in [-0.05, 0) is 18.2 Å². The summed E-state index contributed by atoms with van der Waals surface area (Å²) in [6.07, 6.45) is 1.83. The highest BCUT2D eigenvalue weighted by Gasteiger charge is 2.18. The number of aromatic hydroxyl groups is 1. The molecule has 1 heterocycles. The van der Waals surface area contributed by atoms with Crippen LogP contribution in [0.15, 0.2) is 34.3 Å². The van der Waals surface area contributed by atoms with Crippen molar-refractivity contribution in [1.82, 2.24) is 14.7 Å². The van der Waals surface area contributed by atoms with Crippen molar-refractivity contribution < 1.29 is 21.9 Å². The van der Waals surface area contributed by atoms with E-state index in [9.17, 15) is 21.9 Å². The molecule has 0 aliphatic rings. The van der Waals surface area contributed by atoms with Gasteiger partial charge in [-0.3, -0.25) is 4.98 Å². The van der Waals surface area contributed by atoms with Crippen molar-refractivity contribution >= 4 is 43.1 Å². The van der Waals surface area contributed by atoms with Gasteiger partial charge in [0.1, 0.15) is 5.69 Å². The molecule has 0 unspecified atom stereocenters. The van der Waals surface area contributed by atoms with Gasteiger partial charge < -0.3 is 5.11 Å². The Morgan fingerprint density at radius 3 is 2.21 bits per heavy atom. The van der Waals surface area contributed by atoms with Crippen molar-refractivity contribution in [3.8, 4) is 5.88 Å². The highest BCUT2D eigenvalue weighted by atomic mass is 35.5. The molecular weight excluding hydrogens is 401 g/mol. The zero-order valence-corrected chi connectivity index (χ0v) is 15.2. The van der Waals surface area contributed by atoms with E-state index < -0.39 is 37.3 Å². The maximum absolute atomic E-state index is 12.2. The molecule has 0 saturated carbocycles. The topological polar surface area (TPSA) is 126 Å². The number of hydrogen-bond donors (Lipinski definition) is 2. The summed E-state index contributed by atoms with van der Waals surface area (Å²) in [5.74, 6) is -0.690. The van der Waals surface area contributed by atoms with Crippen LogP contribution < -0.4 is 4.72 Å². The fourth-order valence-corrected chi connectivity index (χ4v) is 3.83. The third kappa shape index (κ3) is 4.54. The van der Waals surface area contributed by atoms with Crippen molar-refractivity contribution in [1.29, 1.82) is 0 Å². The van der Waals surface area contributed by atoms with E-state index in [-0.39, 0.29) is 20.6 Å². The van der Waals surface area contributed by atoms with E-state index in [1.807, 2.05) is 0 Å². The fourth-order valence-electron chi connectivity index (χ4n) is 1.62. The molecule has 0 atom stereocenters. The Kier molecular flexibility index (Phi) is 5.35. The van der Waals surface area contributed by atoms with E-state index in [0.717, 1.165) is 12.5 Å². The second kappa shape index (κ2) is 6.81. The minimum Gasteiger partial charge on any atom is -0.492 e. The molecular formula is C12H11Cl2N3O5S2. The van der Waals surface area contributed by atoms with Gasteiger partial charge in [-0.25, -0.2) is 21.6 Å². The van der Waals surface area contributed by atoms with Crippen LogP contribution in [0.4, 0.5) is 0 Å². The number of sulfonamides is 1. The van der Waals surface area contributed by atoms with Crippen molar-refractivity contribution in [3.05, 3.63) is 40.1 Å². The minimum absolute atomic E-state index is 0.140. The number of rotatable bonds is 5. The summed E-state index contributed by atoms with van der Waals surface area (Å²) < 4.78 is 49.2. The van der Waals surface area contributed by atoms with Crippen molar-refractivity contribution in [3.63, 3.8) is 0 Å². The quantitative estimate of drug-likeness (QED) is 0.760. The molecule has 0 bridgehead atoms. The second-order valence-electron chi connectivity index (χ2n) is 4.68. The molecule has 0 saturated heterocycles. The molecule has 12 heteroatoms. The molecule has 8 nitrogen and oxygen atoms in total. The van der Waals surface area contributed by atoms with Crippen LogP contribution in [0.1, 0.15) is 5.69 Å². The molecule has 2 rings (SSSR count). The summed E-state index contributed by atoms with van der Waals surface area (Å²) in [7, 11) is -7.61. The molecule has 2 aromatic rings. The molecule has 1 aromatic heterocycles. The van der Waals surface area contributed by atoms with E-state index in [0.29, 0.717) is 0 Å². The number of benzene rings is 1. The Balaban J connectivity index is 2.24. The Morgan fingerprint density at radius 2 is 1.71 bits per heavy atom. The zero-order chi connectivity index (χ0) is 18.1. The number of aromatic nitrogens is 2. The fraction of sp³-hybridized carbons (Fsp3) is 0.167. The monoisotopic (exact) mass is 411 g/mol. The van der Waals surface area contributed by atoms with Crippen molar-refractivity contribution in [2.75, 3.05) is 6.26 Å². The lowest BCUT2D eigenvalue weighted by Gasteiger charge is -2.08. The van der Waals surface area contributed by atoms with Gasteiger partial charge in [0.25, 0.3) is 0 Å². The number of nitrogens with zero attached hydrogens (tertiary/aromatic N) is 2. The lowest BCUT2D eigenvalue weighted by Crippen LogP contribution is -2.24. The highest BCUT2D eigenvalue weighted by molar-refractivity contribution is 7.90. The first kappa shape index (κ1) is 18.9. The SMILES string of the molecule is CS(=O)(=O)c1cnc(CNS(=O)(=O)c2cc(Cl)cc(Cl)c2)c(O)n1. The van der Waals surface area contributed by atoms with Crippen LogP contribution >= 0.6 is 23.2 Å². The normalized spacial score (nSPS) is 12.3. The molecule has 24 heavy (non-hydrogen) atoms. The Hall–Kier alpha value is -1.46. The summed E-state index contributed by atoms with van der Waals surface area (Å²) in [6.45, 7) is -0.407. The summed E-state index contributed by atoms with van der Waals surface area (Å²) in [4.78, 5) is 7.01. The summed E-state index contributed by atoms with van der Waals surface area (Å²) in [5, 5.41) is 9.56. The Labute approximate surface area is 148 Å². The van der Waals surface area contributed by atoms with Gasteiger partial charge in [0, 0.05) is 16.3 Å². The van der Waals surface area contributed by atoms with Crippen LogP contribution in [-0.4, -0.2) is 38.2 Å². The van der Waals surface area contributed by atoms with Gasteiger partial charge in [0.2, 0.25) is 15.9 Å². The molecule has 0 fully saturated rings. The maximum Gasteiger partial charge on any atom is 0.241 e. The molecule has 0 spiro atoms. The van der Waals surface area contributed by atoms with Gasteiger partial charge in [0.05, 0.1) is 17.6 Å². The standard InChI is InChI=1S/C12H11Cl2N3O5S2/c1-23(19,20)11-6-15-10(12(18)17-11)5-16-24(21,22)9-3-7(13)2-8(14)4-9/h2-4,6,16H,5H2,1H3,(H,17,18). The van der Waals surface area contributed by atoms with E-state index in [1.54, 1.807) is 0 Å². The predicted molar refractivity (Wildman–Crippen MR) is 87.3 cm³/mol. The molecule has 0 aliphatic heterocycles. The minimum atomic E-state index is -3.97. The number of sulfone groups is 1. The lowest BCUT2D eigenvalue weighted by molar-refractivity contribution is 0.433. The van der Waals surface area contributed by atoms with Crippen LogP contribution in [0.3, 0.4) is 0 Å². The van der Waals surface area contributed by atoms with E-state index >= 15 is 0 Å². The second-order valence-corrected chi connectivity index (χ2v) is 9.28. The van der Waals surface area contributed by atoms with E-state index in [2.05, 4.69) is 14.7 Å². The summed E-state index contributed by atoms with van der Waals surface area (Å²) >= 11 is 11.5. The third-order valence-corrected chi connectivity index (χ3v) is 5.53. The van der Waals surface area contributed by atoms with Crippen LogP contribution in [-0.2, 0) is 26.4 Å². The van der Waals surface area contributed by atoms with Crippen molar-refractivity contribution in [2.45, 2.75) is 16.5 Å². The van der Waals surface area contributed by atoms with Crippen LogP contribution in [0.5, 0.6) is 5.88 Å². The number of hydrogen-bond acceptors (Lipinski definition) is 7. The molecule has 130 valence electrons. The first-order chi connectivity index (χ1) is 11.0. The van der Waals surface area contributed by atoms with Gasteiger partial charge in [-0.1, -0.05) is 23.2 Å². The molecule has 1 aromatic carbocycles. The predicted octanol–water partition coefficient (Wildman–Crippen LogP) is 1.37. The Bertz CT molecular complexity index is 973. The van der Waals surface area contributed by atoms with E-state index in [4.69, 9.17) is 23.2 Å². The molecule has 2 N–H and O–H groups in total.